The molecule has 2 N–H and O–H groups in total. The van der Waals surface area contributed by atoms with Crippen LogP contribution in [0.4, 0.5) is 8.78 Å². The van der Waals surface area contributed by atoms with E-state index in [1.54, 1.807) is 0 Å². The van der Waals surface area contributed by atoms with Gasteiger partial charge in [0.15, 0.2) is 0 Å². The zero-order valence-electron chi connectivity index (χ0n) is 10.2. The fourth-order valence-electron chi connectivity index (χ4n) is 1.47. The zero-order valence-corrected chi connectivity index (χ0v) is 10.2. The molecule has 1 aromatic carbocycles. The largest absolute Gasteiger partial charge is 0.345 e. The summed E-state index contributed by atoms with van der Waals surface area (Å²) in [7, 11) is 0. The Kier molecular flexibility index (Phi) is 3.84. The molecular formula is C12H12F2N4O. The number of aryl methyl sites for hydroxylation is 1. The Morgan fingerprint density at radius 1 is 1.42 bits per heavy atom. The summed E-state index contributed by atoms with van der Waals surface area (Å²) in [5.41, 5.74) is 0.195. The number of carbonyl (C=O) groups is 1. The number of rotatable bonds is 4. The summed E-state index contributed by atoms with van der Waals surface area (Å²) in [5.74, 6) is -1.28. The summed E-state index contributed by atoms with van der Waals surface area (Å²) in [4.78, 5) is 15.6. The monoisotopic (exact) mass is 266 g/mol. The highest BCUT2D eigenvalue weighted by molar-refractivity contribution is 5.90. The van der Waals surface area contributed by atoms with Crippen LogP contribution < -0.4 is 5.32 Å². The number of nitrogens with zero attached hydrogens (tertiary/aromatic N) is 2. The first-order valence-corrected chi connectivity index (χ1v) is 5.73. The molecular weight excluding hydrogens is 254 g/mol. The van der Waals surface area contributed by atoms with Crippen LogP contribution in [0.15, 0.2) is 18.2 Å². The number of hydrogen-bond donors (Lipinski definition) is 2. The van der Waals surface area contributed by atoms with E-state index in [1.165, 1.54) is 6.07 Å². The fourth-order valence-corrected chi connectivity index (χ4v) is 1.47. The third-order valence-corrected chi connectivity index (χ3v) is 2.52. The lowest BCUT2D eigenvalue weighted by molar-refractivity contribution is 0.0940. The molecule has 7 heteroatoms. The highest BCUT2D eigenvalue weighted by Crippen LogP contribution is 2.09. The molecule has 100 valence electrons. The first-order chi connectivity index (χ1) is 9.10. The van der Waals surface area contributed by atoms with Crippen LogP contribution in [0.25, 0.3) is 0 Å². The van der Waals surface area contributed by atoms with E-state index < -0.39 is 17.5 Å². The van der Waals surface area contributed by atoms with Crippen LogP contribution in [-0.2, 0) is 13.0 Å². The standard InChI is InChI=1S/C12H12F2N4O/c1-2-10-16-11(18-17-10)12(19)15-6-7-3-4-8(13)5-9(7)14/h3-5H,2,6H2,1H3,(H,15,19)(H,16,17,18). The van der Waals surface area contributed by atoms with Gasteiger partial charge in [-0.25, -0.2) is 13.8 Å². The number of benzene rings is 1. The van der Waals surface area contributed by atoms with Crippen LogP contribution in [0.1, 0.15) is 28.9 Å². The molecule has 0 aliphatic rings. The maximum absolute atomic E-state index is 13.3. The summed E-state index contributed by atoms with van der Waals surface area (Å²) < 4.78 is 26.0. The Bertz CT molecular complexity index is 597. The predicted octanol–water partition coefficient (Wildman–Crippen LogP) is 1.58. The van der Waals surface area contributed by atoms with Crippen molar-refractivity contribution in [2.24, 2.45) is 0 Å². The average Bonchev–Trinajstić information content (AvgIpc) is 2.86. The number of carbonyl (C=O) groups excluding carboxylic acids is 1. The lowest BCUT2D eigenvalue weighted by atomic mass is 10.2. The highest BCUT2D eigenvalue weighted by Gasteiger charge is 2.12. The number of amides is 1. The molecule has 0 aliphatic heterocycles. The van der Waals surface area contributed by atoms with Crippen LogP contribution in [0.5, 0.6) is 0 Å². The van der Waals surface area contributed by atoms with Crippen molar-refractivity contribution in [3.05, 3.63) is 47.0 Å². The second-order valence-electron chi connectivity index (χ2n) is 3.88. The molecule has 1 aromatic heterocycles. The number of aromatic nitrogens is 3. The third kappa shape index (κ3) is 3.12. The Hall–Kier alpha value is -2.31. The minimum Gasteiger partial charge on any atom is -0.345 e. The van der Waals surface area contributed by atoms with Gasteiger partial charge in [0.05, 0.1) is 0 Å². The van der Waals surface area contributed by atoms with Crippen molar-refractivity contribution in [1.29, 1.82) is 0 Å². The van der Waals surface area contributed by atoms with Gasteiger partial charge in [0.2, 0.25) is 5.82 Å². The smallest absolute Gasteiger partial charge is 0.291 e. The number of hydrogen-bond acceptors (Lipinski definition) is 3. The zero-order chi connectivity index (χ0) is 13.8. The molecule has 0 unspecified atom stereocenters. The number of H-pyrrole nitrogens is 1. The minimum absolute atomic E-state index is 0.000583. The molecule has 0 fully saturated rings. The molecule has 0 saturated carbocycles. The Labute approximate surface area is 108 Å². The molecule has 0 aliphatic carbocycles. The number of nitrogens with one attached hydrogen (secondary N) is 2. The molecule has 0 atom stereocenters. The van der Waals surface area contributed by atoms with E-state index in [2.05, 4.69) is 20.5 Å². The molecule has 0 bridgehead atoms. The van der Waals surface area contributed by atoms with Crippen LogP contribution in [0, 0.1) is 11.6 Å². The normalized spacial score (nSPS) is 10.5. The predicted molar refractivity (Wildman–Crippen MR) is 63.3 cm³/mol. The summed E-state index contributed by atoms with van der Waals surface area (Å²) in [6.45, 7) is 1.82. The summed E-state index contributed by atoms with van der Waals surface area (Å²) >= 11 is 0. The summed E-state index contributed by atoms with van der Waals surface area (Å²) in [6.07, 6.45) is 0.632. The van der Waals surface area contributed by atoms with E-state index in [-0.39, 0.29) is 17.9 Å². The molecule has 2 aromatic rings. The van der Waals surface area contributed by atoms with Gasteiger partial charge >= 0.3 is 0 Å². The average molecular weight is 266 g/mol. The SMILES string of the molecule is CCc1nc(C(=O)NCc2ccc(F)cc2F)n[nH]1. The van der Waals surface area contributed by atoms with Gasteiger partial charge in [-0.05, 0) is 6.07 Å². The highest BCUT2D eigenvalue weighted by atomic mass is 19.1. The molecule has 2 rings (SSSR count). The van der Waals surface area contributed by atoms with Crippen LogP contribution in [-0.4, -0.2) is 21.1 Å². The van der Waals surface area contributed by atoms with Gasteiger partial charge in [0, 0.05) is 24.6 Å². The molecule has 5 nitrogen and oxygen atoms in total. The van der Waals surface area contributed by atoms with Crippen molar-refractivity contribution >= 4 is 5.91 Å². The second kappa shape index (κ2) is 5.55. The lowest BCUT2D eigenvalue weighted by Crippen LogP contribution is -2.24. The first-order valence-electron chi connectivity index (χ1n) is 5.73. The maximum Gasteiger partial charge on any atom is 0.291 e. The Morgan fingerprint density at radius 2 is 2.21 bits per heavy atom. The van der Waals surface area contributed by atoms with Gasteiger partial charge in [-0.2, -0.15) is 0 Å². The maximum atomic E-state index is 13.3. The van der Waals surface area contributed by atoms with Crippen molar-refractivity contribution in [1.82, 2.24) is 20.5 Å². The molecule has 0 spiro atoms. The summed E-state index contributed by atoms with van der Waals surface area (Å²) in [6, 6.07) is 3.18. The molecule has 19 heavy (non-hydrogen) atoms. The van der Waals surface area contributed by atoms with Gasteiger partial charge in [-0.3, -0.25) is 9.89 Å². The van der Waals surface area contributed by atoms with Crippen molar-refractivity contribution in [2.75, 3.05) is 0 Å². The minimum atomic E-state index is -0.704. The van der Waals surface area contributed by atoms with Crippen molar-refractivity contribution in [2.45, 2.75) is 19.9 Å². The van der Waals surface area contributed by atoms with Crippen molar-refractivity contribution in [3.63, 3.8) is 0 Å². The van der Waals surface area contributed by atoms with Crippen LogP contribution in [0.3, 0.4) is 0 Å². The van der Waals surface area contributed by atoms with E-state index >= 15 is 0 Å². The van der Waals surface area contributed by atoms with Gasteiger partial charge in [-0.1, -0.05) is 13.0 Å². The molecule has 0 radical (unpaired) electrons. The van der Waals surface area contributed by atoms with Gasteiger partial charge in [0.25, 0.3) is 5.91 Å². The topological polar surface area (TPSA) is 70.7 Å². The second-order valence-corrected chi connectivity index (χ2v) is 3.88. The van der Waals surface area contributed by atoms with E-state index in [4.69, 9.17) is 0 Å². The van der Waals surface area contributed by atoms with Gasteiger partial charge in [-0.15, -0.1) is 5.10 Å². The lowest BCUT2D eigenvalue weighted by Gasteiger charge is -2.04. The van der Waals surface area contributed by atoms with Crippen molar-refractivity contribution < 1.29 is 13.6 Å². The number of halogens is 2. The molecule has 0 saturated heterocycles. The van der Waals surface area contributed by atoms with Crippen molar-refractivity contribution in [3.8, 4) is 0 Å². The molecule has 1 amide bonds. The van der Waals surface area contributed by atoms with Gasteiger partial charge in [0.1, 0.15) is 17.5 Å². The molecule has 1 heterocycles. The summed E-state index contributed by atoms with van der Waals surface area (Å²) in [5, 5.41) is 8.81. The third-order valence-electron chi connectivity index (χ3n) is 2.52. The van der Waals surface area contributed by atoms with E-state index in [0.29, 0.717) is 12.2 Å². The van der Waals surface area contributed by atoms with E-state index in [1.807, 2.05) is 6.92 Å². The Balaban J connectivity index is 2.00. The Morgan fingerprint density at radius 3 is 2.84 bits per heavy atom. The fraction of sp³-hybridized carbons (Fsp3) is 0.250. The van der Waals surface area contributed by atoms with Gasteiger partial charge < -0.3 is 5.32 Å². The van der Waals surface area contributed by atoms with E-state index in [9.17, 15) is 13.6 Å². The van der Waals surface area contributed by atoms with Crippen LogP contribution in [0.2, 0.25) is 0 Å². The first kappa shape index (κ1) is 13.1. The number of aromatic amines is 1. The van der Waals surface area contributed by atoms with Crippen LogP contribution >= 0.6 is 0 Å². The van der Waals surface area contributed by atoms with E-state index in [0.717, 1.165) is 12.1 Å². The quantitative estimate of drug-likeness (QED) is 0.882.